The van der Waals surface area contributed by atoms with Gasteiger partial charge in [0.2, 0.25) is 0 Å². The van der Waals surface area contributed by atoms with Gasteiger partial charge in [-0.25, -0.2) is 4.39 Å². The molecule has 1 aromatic carbocycles. The summed E-state index contributed by atoms with van der Waals surface area (Å²) in [4.78, 5) is 26.1. The second kappa shape index (κ2) is 6.60. The number of rotatable bonds is 4. The third kappa shape index (κ3) is 3.56. The van der Waals surface area contributed by atoms with Crippen LogP contribution in [0.15, 0.2) is 24.3 Å². The number of piperidine rings is 1. The van der Waals surface area contributed by atoms with Crippen molar-refractivity contribution in [2.24, 2.45) is 5.92 Å². The molecule has 1 aromatic rings. The number of amides is 2. The van der Waals surface area contributed by atoms with Gasteiger partial charge in [-0.15, -0.1) is 0 Å². The van der Waals surface area contributed by atoms with Crippen LogP contribution in [0.4, 0.5) is 4.39 Å². The first-order chi connectivity index (χ1) is 11.5. The molecule has 1 N–H and O–H groups in total. The quantitative estimate of drug-likeness (QED) is 0.918. The van der Waals surface area contributed by atoms with Crippen LogP contribution in [0.5, 0.6) is 0 Å². The van der Waals surface area contributed by atoms with E-state index < -0.39 is 11.6 Å². The van der Waals surface area contributed by atoms with Gasteiger partial charge in [0, 0.05) is 38.0 Å². The van der Waals surface area contributed by atoms with Crippen molar-refractivity contribution in [3.05, 3.63) is 35.4 Å². The number of halogens is 1. The zero-order chi connectivity index (χ0) is 17.2. The summed E-state index contributed by atoms with van der Waals surface area (Å²) in [6, 6.07) is 8.45. The summed E-state index contributed by atoms with van der Waals surface area (Å²) in [5, 5.41) is 11.6. The average molecular weight is 329 g/mol. The highest BCUT2D eigenvalue weighted by atomic mass is 19.1. The number of hydrogen-bond acceptors (Lipinski definition) is 3. The van der Waals surface area contributed by atoms with Gasteiger partial charge in [-0.1, -0.05) is 6.07 Å². The van der Waals surface area contributed by atoms with E-state index in [2.05, 4.69) is 5.32 Å². The normalized spacial score (nSPS) is 19.4. The summed E-state index contributed by atoms with van der Waals surface area (Å²) in [6.45, 7) is 0.944. The van der Waals surface area contributed by atoms with Crippen molar-refractivity contribution in [3.63, 3.8) is 0 Å². The Morgan fingerprint density at radius 3 is 2.67 bits per heavy atom. The van der Waals surface area contributed by atoms with E-state index in [9.17, 15) is 14.0 Å². The number of alkyl halides is 1. The number of nitrogens with one attached hydrogen (secondary N) is 1. The van der Waals surface area contributed by atoms with Gasteiger partial charge in [-0.3, -0.25) is 9.59 Å². The SMILES string of the molecule is N#Cc1cccc(C(=O)N2CCC(F)(C(=O)NCC3CC3)CC2)c1. The molecule has 1 saturated carbocycles. The number of carbonyl (C=O) groups is 2. The summed E-state index contributed by atoms with van der Waals surface area (Å²) in [5.41, 5.74) is -1.06. The smallest absolute Gasteiger partial charge is 0.257 e. The maximum Gasteiger partial charge on any atom is 0.257 e. The van der Waals surface area contributed by atoms with Crippen LogP contribution in [0.25, 0.3) is 0 Å². The molecule has 0 unspecified atom stereocenters. The lowest BCUT2D eigenvalue weighted by atomic mass is 9.92. The highest BCUT2D eigenvalue weighted by Gasteiger charge is 2.43. The summed E-state index contributed by atoms with van der Waals surface area (Å²) >= 11 is 0. The Labute approximate surface area is 140 Å². The third-order valence-electron chi connectivity index (χ3n) is 4.74. The average Bonchev–Trinajstić information content (AvgIpc) is 3.44. The first-order valence-electron chi connectivity index (χ1n) is 8.28. The fourth-order valence-corrected chi connectivity index (χ4v) is 2.91. The Kier molecular flexibility index (Phi) is 4.52. The van der Waals surface area contributed by atoms with E-state index in [1.165, 1.54) is 6.07 Å². The molecular weight excluding hydrogens is 309 g/mol. The van der Waals surface area contributed by atoms with Crippen LogP contribution < -0.4 is 5.32 Å². The largest absolute Gasteiger partial charge is 0.353 e. The zero-order valence-corrected chi connectivity index (χ0v) is 13.4. The molecule has 24 heavy (non-hydrogen) atoms. The van der Waals surface area contributed by atoms with Crippen LogP contribution in [0.1, 0.15) is 41.6 Å². The zero-order valence-electron chi connectivity index (χ0n) is 13.4. The van der Waals surface area contributed by atoms with Gasteiger partial charge < -0.3 is 10.2 Å². The minimum Gasteiger partial charge on any atom is -0.353 e. The molecule has 1 aliphatic heterocycles. The molecule has 126 valence electrons. The minimum absolute atomic E-state index is 0.00712. The van der Waals surface area contributed by atoms with Crippen LogP contribution in [-0.2, 0) is 4.79 Å². The number of likely N-dealkylation sites (tertiary alicyclic amines) is 1. The molecule has 5 nitrogen and oxygen atoms in total. The Bertz CT molecular complexity index is 686. The van der Waals surface area contributed by atoms with Crippen molar-refractivity contribution >= 4 is 11.8 Å². The predicted molar refractivity (Wildman–Crippen MR) is 85.9 cm³/mol. The molecule has 0 aromatic heterocycles. The fourth-order valence-electron chi connectivity index (χ4n) is 2.91. The van der Waals surface area contributed by atoms with E-state index in [4.69, 9.17) is 5.26 Å². The molecule has 0 atom stereocenters. The Hall–Kier alpha value is -2.42. The lowest BCUT2D eigenvalue weighted by Crippen LogP contribution is -2.52. The predicted octanol–water partition coefficient (Wildman–Crippen LogP) is 2.03. The Balaban J connectivity index is 1.58. The second-order valence-electron chi connectivity index (χ2n) is 6.60. The van der Waals surface area contributed by atoms with Crippen molar-refractivity contribution in [1.29, 1.82) is 5.26 Å². The minimum atomic E-state index is -1.89. The highest BCUT2D eigenvalue weighted by molar-refractivity contribution is 5.95. The van der Waals surface area contributed by atoms with Crippen molar-refractivity contribution < 1.29 is 14.0 Å². The second-order valence-corrected chi connectivity index (χ2v) is 6.60. The molecular formula is C18H20FN3O2. The van der Waals surface area contributed by atoms with Crippen molar-refractivity contribution in [2.75, 3.05) is 19.6 Å². The van der Waals surface area contributed by atoms with Crippen molar-refractivity contribution in [2.45, 2.75) is 31.4 Å². The number of nitriles is 1. The van der Waals surface area contributed by atoms with Gasteiger partial charge in [0.15, 0.2) is 5.67 Å². The van der Waals surface area contributed by atoms with E-state index in [0.29, 0.717) is 23.6 Å². The van der Waals surface area contributed by atoms with E-state index >= 15 is 0 Å². The van der Waals surface area contributed by atoms with Crippen LogP contribution in [0, 0.1) is 17.2 Å². The van der Waals surface area contributed by atoms with Gasteiger partial charge in [-0.2, -0.15) is 5.26 Å². The number of hydrogen-bond donors (Lipinski definition) is 1. The monoisotopic (exact) mass is 329 g/mol. The number of benzene rings is 1. The van der Waals surface area contributed by atoms with Crippen molar-refractivity contribution in [1.82, 2.24) is 10.2 Å². The maximum atomic E-state index is 14.8. The van der Waals surface area contributed by atoms with Gasteiger partial charge in [0.1, 0.15) is 0 Å². The molecule has 1 heterocycles. The molecule has 0 spiro atoms. The van der Waals surface area contributed by atoms with Gasteiger partial charge in [0.25, 0.3) is 11.8 Å². The summed E-state index contributed by atoms with van der Waals surface area (Å²) in [6.07, 6.45) is 2.22. The summed E-state index contributed by atoms with van der Waals surface area (Å²) in [5.74, 6) is -0.271. The molecule has 6 heteroatoms. The van der Waals surface area contributed by atoms with E-state index in [1.54, 1.807) is 23.1 Å². The first kappa shape index (κ1) is 16.4. The Morgan fingerprint density at radius 1 is 1.33 bits per heavy atom. The molecule has 1 saturated heterocycles. The van der Waals surface area contributed by atoms with Crippen LogP contribution >= 0.6 is 0 Å². The van der Waals surface area contributed by atoms with E-state index in [-0.39, 0.29) is 31.8 Å². The van der Waals surface area contributed by atoms with E-state index in [0.717, 1.165) is 12.8 Å². The lowest BCUT2D eigenvalue weighted by Gasteiger charge is -2.35. The topological polar surface area (TPSA) is 73.2 Å². The molecule has 1 aliphatic carbocycles. The maximum absolute atomic E-state index is 14.8. The fraction of sp³-hybridized carbons (Fsp3) is 0.500. The van der Waals surface area contributed by atoms with Crippen LogP contribution in [-0.4, -0.2) is 42.0 Å². The highest BCUT2D eigenvalue weighted by Crippen LogP contribution is 2.30. The van der Waals surface area contributed by atoms with Gasteiger partial charge in [0.05, 0.1) is 11.6 Å². The van der Waals surface area contributed by atoms with Gasteiger partial charge >= 0.3 is 0 Å². The lowest BCUT2D eigenvalue weighted by molar-refractivity contribution is -0.135. The summed E-state index contributed by atoms with van der Waals surface area (Å²) in [7, 11) is 0. The number of nitrogens with zero attached hydrogens (tertiary/aromatic N) is 2. The molecule has 0 bridgehead atoms. The molecule has 3 rings (SSSR count). The molecule has 2 amide bonds. The van der Waals surface area contributed by atoms with Crippen LogP contribution in [0.3, 0.4) is 0 Å². The summed E-state index contributed by atoms with van der Waals surface area (Å²) < 4.78 is 14.8. The molecule has 2 aliphatic rings. The van der Waals surface area contributed by atoms with Crippen molar-refractivity contribution in [3.8, 4) is 6.07 Å². The van der Waals surface area contributed by atoms with Gasteiger partial charge in [-0.05, 0) is 37.0 Å². The van der Waals surface area contributed by atoms with E-state index in [1.807, 2.05) is 6.07 Å². The molecule has 0 radical (unpaired) electrons. The standard InChI is InChI=1S/C18H20FN3O2/c19-18(17(24)21-12-13-4-5-13)6-8-22(9-7-18)16(23)15-3-1-2-14(10-15)11-20/h1-3,10,13H,4-9,12H2,(H,21,24). The molecule has 2 fully saturated rings. The van der Waals surface area contributed by atoms with Crippen LogP contribution in [0.2, 0.25) is 0 Å². The third-order valence-corrected chi connectivity index (χ3v) is 4.74. The first-order valence-corrected chi connectivity index (χ1v) is 8.28. The Morgan fingerprint density at radius 2 is 2.04 bits per heavy atom. The number of carbonyl (C=O) groups excluding carboxylic acids is 2.